The molecule has 0 bridgehead atoms. The molecule has 1 atom stereocenters. The van der Waals surface area contributed by atoms with Gasteiger partial charge in [0, 0.05) is 18.0 Å². The fourth-order valence-electron chi connectivity index (χ4n) is 3.38. The molecule has 2 aliphatic rings. The van der Waals surface area contributed by atoms with E-state index in [0.29, 0.717) is 22.7 Å². The number of carbonyl (C=O) groups excluding carboxylic acids is 3. The van der Waals surface area contributed by atoms with Gasteiger partial charge in [0.15, 0.2) is 6.61 Å². The SMILES string of the molecule is COC(=O)c1cc([C@@H]2CC(=O)Nc3cc4c(cc32)OCC(=O)N4)ccc1O. The van der Waals surface area contributed by atoms with Gasteiger partial charge in [0.1, 0.15) is 17.1 Å². The molecule has 0 saturated carbocycles. The van der Waals surface area contributed by atoms with Crippen LogP contribution >= 0.6 is 0 Å². The molecular weight excluding hydrogens is 352 g/mol. The first-order chi connectivity index (χ1) is 13.0. The minimum atomic E-state index is -0.661. The number of nitrogens with one attached hydrogen (secondary N) is 2. The second-order valence-corrected chi connectivity index (χ2v) is 6.35. The largest absolute Gasteiger partial charge is 0.507 e. The zero-order valence-electron chi connectivity index (χ0n) is 14.4. The van der Waals surface area contributed by atoms with Crippen LogP contribution in [0.15, 0.2) is 30.3 Å². The first-order valence-corrected chi connectivity index (χ1v) is 8.28. The van der Waals surface area contributed by atoms with Gasteiger partial charge in [-0.2, -0.15) is 0 Å². The van der Waals surface area contributed by atoms with Crippen LogP contribution in [-0.2, 0) is 14.3 Å². The molecule has 0 unspecified atom stereocenters. The molecule has 3 N–H and O–H groups in total. The van der Waals surface area contributed by atoms with E-state index in [1.165, 1.54) is 19.2 Å². The molecule has 0 spiro atoms. The van der Waals surface area contributed by atoms with Crippen LogP contribution in [0, 0.1) is 0 Å². The standard InChI is InChI=1S/C19H16N2O6/c1-26-19(25)12-4-9(2-3-15(12)22)10-6-17(23)20-13-7-14-16(5-11(10)13)27-8-18(24)21-14/h2-5,7,10,22H,6,8H2,1H3,(H,20,23)(H,21,24)/t10-/m0/s1. The minimum Gasteiger partial charge on any atom is -0.507 e. The number of phenols is 1. The average Bonchev–Trinajstić information content (AvgIpc) is 2.65. The Hall–Kier alpha value is -3.55. The number of carbonyl (C=O) groups is 3. The fraction of sp³-hybridized carbons (Fsp3) is 0.211. The van der Waals surface area contributed by atoms with Gasteiger partial charge < -0.3 is 25.2 Å². The van der Waals surface area contributed by atoms with Crippen LogP contribution in [0.4, 0.5) is 11.4 Å². The summed E-state index contributed by atoms with van der Waals surface area (Å²) in [6.45, 7) is -0.0749. The van der Waals surface area contributed by atoms with Gasteiger partial charge in [-0.25, -0.2) is 4.79 Å². The van der Waals surface area contributed by atoms with Crippen molar-refractivity contribution in [3.05, 3.63) is 47.0 Å². The molecular formula is C19H16N2O6. The van der Waals surface area contributed by atoms with Crippen molar-refractivity contribution in [1.29, 1.82) is 0 Å². The first-order valence-electron chi connectivity index (χ1n) is 8.28. The zero-order chi connectivity index (χ0) is 19.1. The summed E-state index contributed by atoms with van der Waals surface area (Å²) in [5, 5.41) is 15.4. The number of phenolic OH excluding ortho intramolecular Hbond substituents is 1. The van der Waals surface area contributed by atoms with Gasteiger partial charge >= 0.3 is 5.97 Å². The van der Waals surface area contributed by atoms with E-state index in [4.69, 9.17) is 9.47 Å². The molecule has 2 heterocycles. The van der Waals surface area contributed by atoms with Gasteiger partial charge in [0.2, 0.25) is 5.91 Å². The second-order valence-electron chi connectivity index (χ2n) is 6.35. The molecule has 2 aromatic rings. The van der Waals surface area contributed by atoms with E-state index in [1.54, 1.807) is 18.2 Å². The van der Waals surface area contributed by atoms with E-state index in [9.17, 15) is 19.5 Å². The number of hydrogen-bond donors (Lipinski definition) is 3. The second kappa shape index (κ2) is 6.31. The van der Waals surface area contributed by atoms with Gasteiger partial charge in [-0.15, -0.1) is 0 Å². The summed E-state index contributed by atoms with van der Waals surface area (Å²) in [5.41, 5.74) is 2.57. The van der Waals surface area contributed by atoms with Crippen molar-refractivity contribution in [3.8, 4) is 11.5 Å². The van der Waals surface area contributed by atoms with Crippen molar-refractivity contribution in [2.75, 3.05) is 24.4 Å². The molecule has 27 heavy (non-hydrogen) atoms. The highest BCUT2D eigenvalue weighted by molar-refractivity contribution is 6.00. The summed E-state index contributed by atoms with van der Waals surface area (Å²) in [5.74, 6) is -1.13. The molecule has 2 amide bonds. The maximum absolute atomic E-state index is 12.2. The Bertz CT molecular complexity index is 984. The predicted molar refractivity (Wildman–Crippen MR) is 95.1 cm³/mol. The lowest BCUT2D eigenvalue weighted by Gasteiger charge is -2.29. The molecule has 0 saturated heterocycles. The topological polar surface area (TPSA) is 114 Å². The molecule has 8 nitrogen and oxygen atoms in total. The molecule has 2 aliphatic heterocycles. The quantitative estimate of drug-likeness (QED) is 0.699. The monoisotopic (exact) mass is 368 g/mol. The summed E-state index contributed by atoms with van der Waals surface area (Å²) in [6.07, 6.45) is 0.170. The smallest absolute Gasteiger partial charge is 0.341 e. The van der Waals surface area contributed by atoms with Gasteiger partial charge in [-0.05, 0) is 35.4 Å². The Morgan fingerprint density at radius 2 is 1.93 bits per heavy atom. The van der Waals surface area contributed by atoms with Crippen molar-refractivity contribution < 1.29 is 29.0 Å². The molecule has 138 valence electrons. The van der Waals surface area contributed by atoms with Crippen molar-refractivity contribution in [3.63, 3.8) is 0 Å². The Kier molecular flexibility index (Phi) is 3.95. The molecule has 2 aromatic carbocycles. The van der Waals surface area contributed by atoms with Crippen LogP contribution in [0.25, 0.3) is 0 Å². The van der Waals surface area contributed by atoms with E-state index in [2.05, 4.69) is 10.6 Å². The maximum atomic E-state index is 12.2. The van der Waals surface area contributed by atoms with Crippen molar-refractivity contribution in [2.45, 2.75) is 12.3 Å². The number of hydrogen-bond acceptors (Lipinski definition) is 6. The van der Waals surface area contributed by atoms with Crippen molar-refractivity contribution in [1.82, 2.24) is 0 Å². The molecule has 0 aromatic heterocycles. The molecule has 8 heteroatoms. The Morgan fingerprint density at radius 3 is 2.70 bits per heavy atom. The average molecular weight is 368 g/mol. The third-order valence-corrected chi connectivity index (χ3v) is 4.65. The van der Waals surface area contributed by atoms with E-state index < -0.39 is 5.97 Å². The minimum absolute atomic E-state index is 0.0315. The van der Waals surface area contributed by atoms with E-state index in [0.717, 1.165) is 5.56 Å². The highest BCUT2D eigenvalue weighted by Gasteiger charge is 2.30. The third-order valence-electron chi connectivity index (χ3n) is 4.65. The van der Waals surface area contributed by atoms with Gasteiger partial charge in [-0.3, -0.25) is 9.59 Å². The summed E-state index contributed by atoms with van der Waals surface area (Å²) in [4.78, 5) is 35.6. The van der Waals surface area contributed by atoms with Crippen LogP contribution in [-0.4, -0.2) is 36.6 Å². The normalized spacial score (nSPS) is 17.7. The Labute approximate surface area is 154 Å². The Morgan fingerprint density at radius 1 is 1.15 bits per heavy atom. The third kappa shape index (κ3) is 2.95. The number of esters is 1. The maximum Gasteiger partial charge on any atom is 0.341 e. The van der Waals surface area contributed by atoms with Crippen LogP contribution in [0.2, 0.25) is 0 Å². The Balaban J connectivity index is 1.81. The number of fused-ring (bicyclic) bond motifs is 2. The lowest BCUT2D eigenvalue weighted by Crippen LogP contribution is -2.28. The van der Waals surface area contributed by atoms with Crippen LogP contribution in [0.3, 0.4) is 0 Å². The first kappa shape index (κ1) is 16.9. The number of amides is 2. The fourth-order valence-corrected chi connectivity index (χ4v) is 3.38. The summed E-state index contributed by atoms with van der Waals surface area (Å²) in [6, 6.07) is 8.03. The number of methoxy groups -OCH3 is 1. The van der Waals surface area contributed by atoms with Crippen molar-refractivity contribution in [2.24, 2.45) is 0 Å². The van der Waals surface area contributed by atoms with Crippen LogP contribution < -0.4 is 15.4 Å². The lowest BCUT2D eigenvalue weighted by atomic mass is 9.83. The number of benzene rings is 2. The number of ether oxygens (including phenoxy) is 2. The zero-order valence-corrected chi connectivity index (χ0v) is 14.4. The molecule has 0 radical (unpaired) electrons. The van der Waals surface area contributed by atoms with Gasteiger partial charge in [0.05, 0.1) is 12.8 Å². The molecule has 4 rings (SSSR count). The van der Waals surface area contributed by atoms with Crippen molar-refractivity contribution >= 4 is 29.2 Å². The van der Waals surface area contributed by atoms with E-state index in [-0.39, 0.29) is 42.1 Å². The summed E-state index contributed by atoms with van der Waals surface area (Å²) < 4.78 is 10.2. The predicted octanol–water partition coefficient (Wildman–Crippen LogP) is 1.98. The van der Waals surface area contributed by atoms with Crippen LogP contribution in [0.5, 0.6) is 11.5 Å². The van der Waals surface area contributed by atoms with Crippen LogP contribution in [0.1, 0.15) is 33.8 Å². The number of anilines is 2. The molecule has 0 aliphatic carbocycles. The summed E-state index contributed by atoms with van der Waals surface area (Å²) >= 11 is 0. The van der Waals surface area contributed by atoms with E-state index >= 15 is 0 Å². The lowest BCUT2D eigenvalue weighted by molar-refractivity contribution is -0.118. The van der Waals surface area contributed by atoms with E-state index in [1.807, 2.05) is 0 Å². The summed E-state index contributed by atoms with van der Waals surface area (Å²) in [7, 11) is 1.23. The highest BCUT2D eigenvalue weighted by atomic mass is 16.5. The highest BCUT2D eigenvalue weighted by Crippen LogP contribution is 2.43. The number of rotatable bonds is 2. The van der Waals surface area contributed by atoms with Gasteiger partial charge in [-0.1, -0.05) is 6.07 Å². The number of aromatic hydroxyl groups is 1. The molecule has 0 fully saturated rings. The van der Waals surface area contributed by atoms with Gasteiger partial charge in [0.25, 0.3) is 5.91 Å².